The summed E-state index contributed by atoms with van der Waals surface area (Å²) in [6.45, 7) is 2.08. The van der Waals surface area contributed by atoms with E-state index in [0.29, 0.717) is 0 Å². The van der Waals surface area contributed by atoms with E-state index in [1.807, 2.05) is 0 Å². The number of unbranched alkanes of at least 4 members (excludes halogenated alkanes) is 5. The van der Waals surface area contributed by atoms with Crippen LogP contribution >= 0.6 is 11.6 Å². The number of para-hydroxylation sites is 1. The van der Waals surface area contributed by atoms with Gasteiger partial charge in [-0.3, -0.25) is 10.1 Å². The summed E-state index contributed by atoms with van der Waals surface area (Å²) in [5.74, 6) is -1.38. The molecule has 0 N–H and O–H groups in total. The molecule has 0 spiro atoms. The predicted molar refractivity (Wildman–Crippen MR) is 117 cm³/mol. The number of nitro groups is 1. The molecule has 2 aromatic rings. The number of rotatable bonds is 12. The Morgan fingerprint density at radius 3 is 2.16 bits per heavy atom. The molecule has 0 aliphatic heterocycles. The lowest BCUT2D eigenvalue weighted by molar-refractivity contribution is -0.385. The number of nitrogens with zero attached hydrogens (tertiary/aromatic N) is 1. The fourth-order valence-corrected chi connectivity index (χ4v) is 3.33. The van der Waals surface area contributed by atoms with E-state index in [0.717, 1.165) is 19.3 Å². The largest absolute Gasteiger partial charge is 0.462 e. The maximum absolute atomic E-state index is 12.6. The van der Waals surface area contributed by atoms with Crippen LogP contribution in [0.4, 0.5) is 5.69 Å². The van der Waals surface area contributed by atoms with E-state index in [1.54, 1.807) is 12.1 Å². The number of carbonyl (C=O) groups is 2. The molecule has 0 saturated heterocycles. The van der Waals surface area contributed by atoms with Crippen molar-refractivity contribution in [3.8, 4) is 0 Å². The van der Waals surface area contributed by atoms with Gasteiger partial charge < -0.3 is 9.47 Å². The molecule has 0 fully saturated rings. The van der Waals surface area contributed by atoms with E-state index in [2.05, 4.69) is 6.92 Å². The van der Waals surface area contributed by atoms with Gasteiger partial charge in [-0.1, -0.05) is 68.8 Å². The molecule has 0 bridgehead atoms. The van der Waals surface area contributed by atoms with Gasteiger partial charge in [-0.15, -0.1) is 0 Å². The molecule has 31 heavy (non-hydrogen) atoms. The highest BCUT2D eigenvalue weighted by Gasteiger charge is 2.22. The summed E-state index contributed by atoms with van der Waals surface area (Å²) in [4.78, 5) is 35.6. The number of halogens is 1. The molecule has 0 aliphatic rings. The predicted octanol–water partition coefficient (Wildman–Crippen LogP) is 6.12. The molecular formula is C23H26ClNO6. The average molecular weight is 448 g/mol. The van der Waals surface area contributed by atoms with Gasteiger partial charge >= 0.3 is 11.9 Å². The SMILES string of the molecule is CCCCCCCCOC(=O)c1ccccc1C(=O)OCc1cccc(Cl)c1[N+](=O)[O-]. The van der Waals surface area contributed by atoms with E-state index in [9.17, 15) is 19.7 Å². The maximum Gasteiger partial charge on any atom is 0.339 e. The van der Waals surface area contributed by atoms with Crippen molar-refractivity contribution in [1.82, 2.24) is 0 Å². The smallest absolute Gasteiger partial charge is 0.339 e. The Morgan fingerprint density at radius 2 is 1.52 bits per heavy atom. The van der Waals surface area contributed by atoms with Gasteiger partial charge in [0.2, 0.25) is 0 Å². The van der Waals surface area contributed by atoms with Crippen LogP contribution in [0.3, 0.4) is 0 Å². The van der Waals surface area contributed by atoms with Crippen LogP contribution in [0.1, 0.15) is 71.7 Å². The van der Waals surface area contributed by atoms with E-state index < -0.39 is 16.9 Å². The Balaban J connectivity index is 1.97. The van der Waals surface area contributed by atoms with Crippen molar-refractivity contribution in [1.29, 1.82) is 0 Å². The molecule has 2 rings (SSSR count). The summed E-state index contributed by atoms with van der Waals surface area (Å²) in [6.07, 6.45) is 6.39. The Labute approximate surface area is 186 Å². The van der Waals surface area contributed by atoms with Gasteiger partial charge in [-0.25, -0.2) is 9.59 Å². The lowest BCUT2D eigenvalue weighted by atomic mass is 10.1. The summed E-state index contributed by atoms with van der Waals surface area (Å²) in [6, 6.07) is 10.5. The molecule has 0 amide bonds. The van der Waals surface area contributed by atoms with Crippen LogP contribution in [0.25, 0.3) is 0 Å². The first kappa shape index (κ1) is 24.3. The zero-order valence-electron chi connectivity index (χ0n) is 17.5. The molecule has 0 radical (unpaired) electrons. The van der Waals surface area contributed by atoms with Gasteiger partial charge in [0.1, 0.15) is 11.6 Å². The fraction of sp³-hybridized carbons (Fsp3) is 0.391. The molecule has 2 aromatic carbocycles. The van der Waals surface area contributed by atoms with Crippen LogP contribution in [0.2, 0.25) is 5.02 Å². The van der Waals surface area contributed by atoms with Crippen LogP contribution in [-0.4, -0.2) is 23.5 Å². The van der Waals surface area contributed by atoms with Crippen molar-refractivity contribution in [3.05, 3.63) is 74.3 Å². The van der Waals surface area contributed by atoms with Gasteiger partial charge in [-0.05, 0) is 30.7 Å². The van der Waals surface area contributed by atoms with Crippen molar-refractivity contribution >= 4 is 29.2 Å². The fourth-order valence-electron chi connectivity index (χ4n) is 3.07. The van der Waals surface area contributed by atoms with Crippen LogP contribution in [-0.2, 0) is 16.1 Å². The van der Waals surface area contributed by atoms with Crippen LogP contribution < -0.4 is 0 Å². The summed E-state index contributed by atoms with van der Waals surface area (Å²) in [7, 11) is 0. The maximum atomic E-state index is 12.6. The molecule has 7 nitrogen and oxygen atoms in total. The topological polar surface area (TPSA) is 95.7 Å². The third-order valence-electron chi connectivity index (χ3n) is 4.71. The number of benzene rings is 2. The van der Waals surface area contributed by atoms with Crippen LogP contribution in [0.15, 0.2) is 42.5 Å². The van der Waals surface area contributed by atoms with Gasteiger partial charge in [0.15, 0.2) is 0 Å². The zero-order valence-corrected chi connectivity index (χ0v) is 18.2. The van der Waals surface area contributed by atoms with E-state index >= 15 is 0 Å². The second-order valence-corrected chi connectivity index (χ2v) is 7.44. The lowest BCUT2D eigenvalue weighted by Gasteiger charge is -2.10. The molecule has 0 heterocycles. The second-order valence-electron chi connectivity index (χ2n) is 7.03. The molecule has 0 aromatic heterocycles. The zero-order chi connectivity index (χ0) is 22.6. The second kappa shape index (κ2) is 12.7. The molecule has 0 atom stereocenters. The highest BCUT2D eigenvalue weighted by molar-refractivity contribution is 6.32. The highest BCUT2D eigenvalue weighted by atomic mass is 35.5. The normalized spacial score (nSPS) is 10.5. The number of hydrogen-bond acceptors (Lipinski definition) is 6. The van der Waals surface area contributed by atoms with Gasteiger partial charge in [0.05, 0.1) is 28.2 Å². The van der Waals surface area contributed by atoms with Crippen molar-refractivity contribution < 1.29 is 24.0 Å². The Bertz CT molecular complexity index is 915. The third-order valence-corrected chi connectivity index (χ3v) is 5.01. The average Bonchev–Trinajstić information content (AvgIpc) is 2.76. The van der Waals surface area contributed by atoms with Crippen LogP contribution in [0, 0.1) is 10.1 Å². The number of ether oxygens (including phenoxy) is 2. The lowest BCUT2D eigenvalue weighted by Crippen LogP contribution is -2.14. The molecule has 0 saturated carbocycles. The first-order chi connectivity index (χ1) is 15.0. The monoisotopic (exact) mass is 447 g/mol. The Kier molecular flexibility index (Phi) is 9.97. The van der Waals surface area contributed by atoms with E-state index in [4.69, 9.17) is 21.1 Å². The van der Waals surface area contributed by atoms with Crippen molar-refractivity contribution in [3.63, 3.8) is 0 Å². The van der Waals surface area contributed by atoms with E-state index in [-0.39, 0.29) is 40.6 Å². The van der Waals surface area contributed by atoms with E-state index in [1.165, 1.54) is 49.6 Å². The van der Waals surface area contributed by atoms with Gasteiger partial charge in [0.25, 0.3) is 5.69 Å². The third kappa shape index (κ3) is 7.36. The molecule has 166 valence electrons. The molecule has 8 heteroatoms. The molecule has 0 aliphatic carbocycles. The minimum Gasteiger partial charge on any atom is -0.462 e. The quantitative estimate of drug-likeness (QED) is 0.168. The minimum atomic E-state index is -0.776. The summed E-state index contributed by atoms with van der Waals surface area (Å²) < 4.78 is 10.5. The van der Waals surface area contributed by atoms with Gasteiger partial charge in [-0.2, -0.15) is 0 Å². The Hall–Kier alpha value is -2.93. The van der Waals surface area contributed by atoms with Crippen molar-refractivity contribution in [2.75, 3.05) is 6.61 Å². The highest BCUT2D eigenvalue weighted by Crippen LogP contribution is 2.29. The number of esters is 2. The Morgan fingerprint density at radius 1 is 0.903 bits per heavy atom. The summed E-state index contributed by atoms with van der Waals surface area (Å²) in [5.41, 5.74) is -0.0169. The number of hydrogen-bond donors (Lipinski definition) is 0. The summed E-state index contributed by atoms with van der Waals surface area (Å²) >= 11 is 5.88. The first-order valence-corrected chi connectivity index (χ1v) is 10.7. The van der Waals surface area contributed by atoms with Crippen molar-refractivity contribution in [2.24, 2.45) is 0 Å². The summed E-state index contributed by atoms with van der Waals surface area (Å²) in [5, 5.41) is 11.2. The minimum absolute atomic E-state index is 0.0418. The number of nitro benzene ring substituents is 1. The first-order valence-electron chi connectivity index (χ1n) is 10.3. The molecular weight excluding hydrogens is 422 g/mol. The van der Waals surface area contributed by atoms with Crippen LogP contribution in [0.5, 0.6) is 0 Å². The van der Waals surface area contributed by atoms with Crippen molar-refractivity contribution in [2.45, 2.75) is 52.1 Å². The standard InChI is InChI=1S/C23H26ClNO6/c1-2-3-4-5-6-9-15-30-22(26)18-12-7-8-13-19(18)23(27)31-16-17-11-10-14-20(24)21(17)25(28)29/h7-8,10-14H,2-6,9,15-16H2,1H3. The number of carbonyl (C=O) groups excluding carboxylic acids is 2. The van der Waals surface area contributed by atoms with Gasteiger partial charge in [0, 0.05) is 0 Å². The molecule has 0 unspecified atom stereocenters.